The molecule has 0 saturated carbocycles. The molecule has 0 bridgehead atoms. The first-order valence-electron chi connectivity index (χ1n) is 6.76. The standard InChI is InChI=1S/C13H23N5O/c1-8-4-11(5-14)6-18(8)7-12(19)15-13-9(2)16-17-10(13)3/h8,11H,4-7,14H2,1-3H3,(H,15,19)(H,16,17). The SMILES string of the molecule is Cc1n[nH]c(C)c1NC(=O)CN1CC(CN)CC1C. The molecule has 4 N–H and O–H groups in total. The van der Waals surface area contributed by atoms with Crippen molar-refractivity contribution in [1.82, 2.24) is 15.1 Å². The summed E-state index contributed by atoms with van der Waals surface area (Å²) >= 11 is 0. The zero-order valence-corrected chi connectivity index (χ0v) is 11.9. The predicted molar refractivity (Wildman–Crippen MR) is 74.9 cm³/mol. The zero-order valence-electron chi connectivity index (χ0n) is 11.9. The van der Waals surface area contributed by atoms with Crippen molar-refractivity contribution in [3.05, 3.63) is 11.4 Å². The van der Waals surface area contributed by atoms with E-state index in [1.807, 2.05) is 13.8 Å². The molecule has 0 aromatic carbocycles. The van der Waals surface area contributed by atoms with Gasteiger partial charge in [0.05, 0.1) is 23.6 Å². The van der Waals surface area contributed by atoms with Crippen LogP contribution >= 0.6 is 0 Å². The van der Waals surface area contributed by atoms with Crippen molar-refractivity contribution in [3.63, 3.8) is 0 Å². The lowest BCUT2D eigenvalue weighted by atomic mass is 10.1. The fourth-order valence-electron chi connectivity index (χ4n) is 2.71. The largest absolute Gasteiger partial charge is 0.330 e. The predicted octanol–water partition coefficient (Wildman–Crippen LogP) is 0.634. The summed E-state index contributed by atoms with van der Waals surface area (Å²) in [7, 11) is 0. The molecule has 106 valence electrons. The Kier molecular flexibility index (Phi) is 4.21. The van der Waals surface area contributed by atoms with Gasteiger partial charge in [-0.05, 0) is 39.7 Å². The first kappa shape index (κ1) is 14.0. The van der Waals surface area contributed by atoms with E-state index in [2.05, 4.69) is 27.3 Å². The second-order valence-corrected chi connectivity index (χ2v) is 5.47. The number of hydrogen-bond donors (Lipinski definition) is 3. The maximum absolute atomic E-state index is 12.1. The van der Waals surface area contributed by atoms with E-state index in [0.717, 1.165) is 30.0 Å². The third-order valence-electron chi connectivity index (χ3n) is 3.86. The lowest BCUT2D eigenvalue weighted by Gasteiger charge is -2.20. The highest BCUT2D eigenvalue weighted by atomic mass is 16.2. The van der Waals surface area contributed by atoms with E-state index in [9.17, 15) is 4.79 Å². The minimum atomic E-state index is 0.0112. The van der Waals surface area contributed by atoms with Gasteiger partial charge in [-0.3, -0.25) is 14.8 Å². The highest BCUT2D eigenvalue weighted by Gasteiger charge is 2.29. The quantitative estimate of drug-likeness (QED) is 0.745. The van der Waals surface area contributed by atoms with Gasteiger partial charge in [0.25, 0.3) is 0 Å². The summed E-state index contributed by atoms with van der Waals surface area (Å²) in [6, 6.07) is 0.422. The molecule has 2 heterocycles. The van der Waals surface area contributed by atoms with Crippen LogP contribution in [0.5, 0.6) is 0 Å². The van der Waals surface area contributed by atoms with E-state index in [-0.39, 0.29) is 5.91 Å². The molecule has 0 radical (unpaired) electrons. The van der Waals surface area contributed by atoms with Gasteiger partial charge >= 0.3 is 0 Å². The molecule has 2 rings (SSSR count). The van der Waals surface area contributed by atoms with Gasteiger partial charge in [-0.1, -0.05) is 0 Å². The normalized spacial score (nSPS) is 23.8. The molecule has 1 amide bonds. The molecule has 0 aliphatic carbocycles. The number of H-pyrrole nitrogens is 1. The minimum Gasteiger partial charge on any atom is -0.330 e. The van der Waals surface area contributed by atoms with Crippen molar-refractivity contribution in [2.24, 2.45) is 11.7 Å². The van der Waals surface area contributed by atoms with Crippen LogP contribution in [-0.4, -0.2) is 46.7 Å². The van der Waals surface area contributed by atoms with Crippen LogP contribution < -0.4 is 11.1 Å². The van der Waals surface area contributed by atoms with Crippen LogP contribution in [0, 0.1) is 19.8 Å². The number of anilines is 1. The molecular weight excluding hydrogens is 242 g/mol. The first-order valence-corrected chi connectivity index (χ1v) is 6.76. The van der Waals surface area contributed by atoms with E-state index >= 15 is 0 Å². The molecule has 6 heteroatoms. The molecule has 19 heavy (non-hydrogen) atoms. The molecular formula is C13H23N5O. The Balaban J connectivity index is 1.92. The third kappa shape index (κ3) is 3.13. The smallest absolute Gasteiger partial charge is 0.238 e. The summed E-state index contributed by atoms with van der Waals surface area (Å²) in [5.41, 5.74) is 8.21. The number of nitrogens with two attached hydrogens (primary N) is 1. The fourth-order valence-corrected chi connectivity index (χ4v) is 2.71. The van der Waals surface area contributed by atoms with Crippen molar-refractivity contribution in [2.75, 3.05) is 25.0 Å². The van der Waals surface area contributed by atoms with E-state index in [4.69, 9.17) is 5.73 Å². The Hall–Kier alpha value is -1.40. The molecule has 1 aliphatic heterocycles. The van der Waals surface area contributed by atoms with E-state index in [1.54, 1.807) is 0 Å². The van der Waals surface area contributed by atoms with Crippen LogP contribution in [0.1, 0.15) is 24.7 Å². The number of nitrogens with one attached hydrogen (secondary N) is 2. The second kappa shape index (κ2) is 5.71. The van der Waals surface area contributed by atoms with E-state index in [1.165, 1.54) is 0 Å². The number of rotatable bonds is 4. The van der Waals surface area contributed by atoms with Gasteiger partial charge in [0.15, 0.2) is 0 Å². The van der Waals surface area contributed by atoms with Gasteiger partial charge in [0, 0.05) is 12.6 Å². The van der Waals surface area contributed by atoms with Crippen LogP contribution in [0.3, 0.4) is 0 Å². The van der Waals surface area contributed by atoms with Gasteiger partial charge in [-0.15, -0.1) is 0 Å². The number of aromatic amines is 1. The molecule has 1 saturated heterocycles. The van der Waals surface area contributed by atoms with Gasteiger partial charge in [0.2, 0.25) is 5.91 Å². The van der Waals surface area contributed by atoms with Gasteiger partial charge in [-0.2, -0.15) is 5.10 Å². The van der Waals surface area contributed by atoms with E-state index < -0.39 is 0 Å². The van der Waals surface area contributed by atoms with E-state index in [0.29, 0.717) is 25.0 Å². The maximum atomic E-state index is 12.1. The number of aryl methyl sites for hydroxylation is 2. The van der Waals surface area contributed by atoms with Gasteiger partial charge in [0.1, 0.15) is 0 Å². The lowest BCUT2D eigenvalue weighted by Crippen LogP contribution is -2.36. The first-order chi connectivity index (χ1) is 9.01. The molecule has 0 spiro atoms. The summed E-state index contributed by atoms with van der Waals surface area (Å²) in [5, 5.41) is 9.87. The van der Waals surface area contributed by atoms with Crippen LogP contribution in [-0.2, 0) is 4.79 Å². The van der Waals surface area contributed by atoms with Crippen LogP contribution in [0.4, 0.5) is 5.69 Å². The number of likely N-dealkylation sites (tertiary alicyclic amines) is 1. The highest BCUT2D eigenvalue weighted by Crippen LogP contribution is 2.22. The van der Waals surface area contributed by atoms with Crippen molar-refractivity contribution in [1.29, 1.82) is 0 Å². The number of amides is 1. The molecule has 1 aliphatic rings. The van der Waals surface area contributed by atoms with Gasteiger partial charge in [-0.25, -0.2) is 0 Å². The van der Waals surface area contributed by atoms with Crippen LogP contribution in [0.2, 0.25) is 0 Å². The summed E-state index contributed by atoms with van der Waals surface area (Å²) in [4.78, 5) is 14.3. The van der Waals surface area contributed by atoms with Crippen molar-refractivity contribution < 1.29 is 4.79 Å². The summed E-state index contributed by atoms with van der Waals surface area (Å²) in [6.45, 7) is 7.95. The minimum absolute atomic E-state index is 0.0112. The Morgan fingerprint density at radius 3 is 2.84 bits per heavy atom. The number of nitrogens with zero attached hydrogens (tertiary/aromatic N) is 2. The summed E-state index contributed by atoms with van der Waals surface area (Å²) < 4.78 is 0. The Morgan fingerprint density at radius 1 is 1.58 bits per heavy atom. The molecule has 2 unspecified atom stereocenters. The molecule has 6 nitrogen and oxygen atoms in total. The Labute approximate surface area is 113 Å². The van der Waals surface area contributed by atoms with Crippen molar-refractivity contribution >= 4 is 11.6 Å². The average molecular weight is 265 g/mol. The second-order valence-electron chi connectivity index (χ2n) is 5.47. The molecule has 1 aromatic heterocycles. The van der Waals surface area contributed by atoms with Crippen LogP contribution in [0.25, 0.3) is 0 Å². The van der Waals surface area contributed by atoms with Crippen molar-refractivity contribution in [2.45, 2.75) is 33.2 Å². The molecule has 2 atom stereocenters. The van der Waals surface area contributed by atoms with Crippen molar-refractivity contribution in [3.8, 4) is 0 Å². The third-order valence-corrected chi connectivity index (χ3v) is 3.86. The lowest BCUT2D eigenvalue weighted by molar-refractivity contribution is -0.117. The molecule has 1 fully saturated rings. The summed E-state index contributed by atoms with van der Waals surface area (Å²) in [5.74, 6) is 0.525. The summed E-state index contributed by atoms with van der Waals surface area (Å²) in [6.07, 6.45) is 1.08. The fraction of sp³-hybridized carbons (Fsp3) is 0.692. The number of carbonyl (C=O) groups excluding carboxylic acids is 1. The van der Waals surface area contributed by atoms with Gasteiger partial charge < -0.3 is 11.1 Å². The zero-order chi connectivity index (χ0) is 14.0. The number of aromatic nitrogens is 2. The average Bonchev–Trinajstić information content (AvgIpc) is 2.87. The molecule has 1 aromatic rings. The Bertz CT molecular complexity index is 436. The maximum Gasteiger partial charge on any atom is 0.238 e. The number of hydrogen-bond acceptors (Lipinski definition) is 4. The Morgan fingerprint density at radius 2 is 2.32 bits per heavy atom. The highest BCUT2D eigenvalue weighted by molar-refractivity contribution is 5.93. The topological polar surface area (TPSA) is 87.0 Å². The van der Waals surface area contributed by atoms with Crippen LogP contribution in [0.15, 0.2) is 0 Å². The number of carbonyl (C=O) groups is 1. The monoisotopic (exact) mass is 265 g/mol.